The van der Waals surface area contributed by atoms with Gasteiger partial charge in [-0.2, -0.15) is 5.26 Å². The summed E-state index contributed by atoms with van der Waals surface area (Å²) in [4.78, 5) is 0. The van der Waals surface area contributed by atoms with Gasteiger partial charge in [-0.05, 0) is 30.4 Å². The molecule has 5 heteroatoms. The molecule has 1 aromatic heterocycles. The molecule has 0 amide bonds. The van der Waals surface area contributed by atoms with Crippen LogP contribution in [0.2, 0.25) is 0 Å². The maximum absolute atomic E-state index is 13.6. The molecule has 0 N–H and O–H groups in total. The smallest absolute Gasteiger partial charge is 0.143 e. The summed E-state index contributed by atoms with van der Waals surface area (Å²) in [5, 5.41) is 17.2. The molecule has 1 saturated carbocycles. The van der Waals surface area contributed by atoms with Crippen LogP contribution < -0.4 is 0 Å². The Morgan fingerprint density at radius 3 is 2.78 bits per heavy atom. The highest BCUT2D eigenvalue weighted by molar-refractivity contribution is 5.81. The van der Waals surface area contributed by atoms with Gasteiger partial charge in [-0.25, -0.2) is 9.07 Å². The summed E-state index contributed by atoms with van der Waals surface area (Å²) >= 11 is 0. The van der Waals surface area contributed by atoms with Gasteiger partial charge in [0.2, 0.25) is 0 Å². The number of fused-ring (bicyclic) bond motifs is 1. The van der Waals surface area contributed by atoms with E-state index in [1.807, 2.05) is 6.07 Å². The Labute approximate surface area is 104 Å². The number of aromatic nitrogens is 3. The van der Waals surface area contributed by atoms with Gasteiger partial charge >= 0.3 is 0 Å². The minimum absolute atomic E-state index is 0.0437. The van der Waals surface area contributed by atoms with Gasteiger partial charge < -0.3 is 0 Å². The van der Waals surface area contributed by atoms with Crippen molar-refractivity contribution in [3.63, 3.8) is 0 Å². The average molecular weight is 244 g/mol. The lowest BCUT2D eigenvalue weighted by Crippen LogP contribution is -2.34. The lowest BCUT2D eigenvalue weighted by Gasteiger charge is -2.42. The largest absolute Gasteiger partial charge is 0.240 e. The first-order valence-corrected chi connectivity index (χ1v) is 5.95. The van der Waals surface area contributed by atoms with Crippen LogP contribution in [-0.4, -0.2) is 15.0 Å². The maximum Gasteiger partial charge on any atom is 0.143 e. The van der Waals surface area contributed by atoms with Crippen molar-refractivity contribution in [1.82, 2.24) is 15.0 Å². The number of nitrogens with zero attached hydrogens (tertiary/aromatic N) is 4. The topological polar surface area (TPSA) is 54.5 Å². The second-order valence-corrected chi connectivity index (χ2v) is 5.66. The summed E-state index contributed by atoms with van der Waals surface area (Å²) < 4.78 is 15.3. The van der Waals surface area contributed by atoms with Crippen LogP contribution in [0.5, 0.6) is 0 Å². The first-order valence-electron chi connectivity index (χ1n) is 5.95. The normalized spacial score (nSPS) is 18.6. The fraction of sp³-hybridized carbons (Fsp3) is 0.462. The molecule has 1 aliphatic carbocycles. The molecule has 2 aromatic rings. The molecule has 1 heterocycles. The molecular formula is C13H13FN4. The molecule has 3 rings (SSSR count). The molecule has 0 spiro atoms. The highest BCUT2D eigenvalue weighted by atomic mass is 19.1. The van der Waals surface area contributed by atoms with Crippen molar-refractivity contribution in [2.45, 2.75) is 32.7 Å². The molecular weight excluding hydrogens is 231 g/mol. The SMILES string of the molecule is CC1(C)CC(n2nnc3ccc(F)c(C#N)c32)C1. The van der Waals surface area contributed by atoms with Crippen LogP contribution in [0.15, 0.2) is 12.1 Å². The van der Waals surface area contributed by atoms with Crippen molar-refractivity contribution >= 4 is 11.0 Å². The van der Waals surface area contributed by atoms with E-state index in [4.69, 9.17) is 5.26 Å². The van der Waals surface area contributed by atoms with E-state index in [2.05, 4.69) is 24.2 Å². The second-order valence-electron chi connectivity index (χ2n) is 5.66. The molecule has 1 aromatic carbocycles. The van der Waals surface area contributed by atoms with E-state index < -0.39 is 5.82 Å². The van der Waals surface area contributed by atoms with Crippen LogP contribution in [0, 0.1) is 22.6 Å². The molecule has 18 heavy (non-hydrogen) atoms. The minimum Gasteiger partial charge on any atom is -0.240 e. The lowest BCUT2D eigenvalue weighted by atomic mass is 9.68. The number of halogens is 1. The van der Waals surface area contributed by atoms with Crippen molar-refractivity contribution in [2.24, 2.45) is 5.41 Å². The summed E-state index contributed by atoms with van der Waals surface area (Å²) in [6.07, 6.45) is 1.96. The van der Waals surface area contributed by atoms with Gasteiger partial charge in [0.1, 0.15) is 28.5 Å². The number of hydrogen-bond donors (Lipinski definition) is 0. The van der Waals surface area contributed by atoms with E-state index in [0.717, 1.165) is 12.8 Å². The monoisotopic (exact) mass is 244 g/mol. The highest BCUT2D eigenvalue weighted by Gasteiger charge is 2.38. The second kappa shape index (κ2) is 3.52. The van der Waals surface area contributed by atoms with Crippen molar-refractivity contribution < 1.29 is 4.39 Å². The van der Waals surface area contributed by atoms with Gasteiger partial charge in [-0.1, -0.05) is 19.1 Å². The van der Waals surface area contributed by atoms with Crippen LogP contribution >= 0.6 is 0 Å². The Kier molecular flexibility index (Phi) is 2.18. The zero-order chi connectivity index (χ0) is 12.9. The molecule has 0 unspecified atom stereocenters. The zero-order valence-electron chi connectivity index (χ0n) is 10.3. The van der Waals surface area contributed by atoms with Crippen molar-refractivity contribution in [2.75, 3.05) is 0 Å². The molecule has 0 bridgehead atoms. The van der Waals surface area contributed by atoms with Gasteiger partial charge in [-0.15, -0.1) is 5.10 Å². The third kappa shape index (κ3) is 1.49. The van der Waals surface area contributed by atoms with Gasteiger partial charge in [0.15, 0.2) is 0 Å². The van der Waals surface area contributed by atoms with E-state index in [1.54, 1.807) is 10.7 Å². The fourth-order valence-corrected chi connectivity index (χ4v) is 2.76. The molecule has 0 atom stereocenters. The molecule has 4 nitrogen and oxygen atoms in total. The summed E-state index contributed by atoms with van der Waals surface area (Å²) in [6.45, 7) is 4.38. The van der Waals surface area contributed by atoms with Crippen molar-refractivity contribution in [3.05, 3.63) is 23.5 Å². The minimum atomic E-state index is -0.507. The fourth-order valence-electron chi connectivity index (χ4n) is 2.76. The molecule has 0 radical (unpaired) electrons. The quantitative estimate of drug-likeness (QED) is 0.775. The first kappa shape index (κ1) is 11.1. The number of nitriles is 1. The van der Waals surface area contributed by atoms with E-state index in [0.29, 0.717) is 16.4 Å². The molecule has 0 aliphatic heterocycles. The predicted octanol–water partition coefficient (Wildman–Crippen LogP) is 2.80. The van der Waals surface area contributed by atoms with Crippen LogP contribution in [0.25, 0.3) is 11.0 Å². The van der Waals surface area contributed by atoms with E-state index in [1.165, 1.54) is 6.07 Å². The summed E-state index contributed by atoms with van der Waals surface area (Å²) in [5.41, 5.74) is 1.45. The standard InChI is InChI=1S/C13H13FN4/c1-13(2)5-8(6-13)18-12-9(7-15)10(14)3-4-11(12)16-17-18/h3-4,8H,5-6H2,1-2H3. The third-order valence-electron chi connectivity index (χ3n) is 3.62. The molecule has 1 aliphatic rings. The summed E-state index contributed by atoms with van der Waals surface area (Å²) in [7, 11) is 0. The zero-order valence-corrected chi connectivity index (χ0v) is 10.3. The van der Waals surface area contributed by atoms with Crippen LogP contribution in [-0.2, 0) is 0 Å². The van der Waals surface area contributed by atoms with Gasteiger partial charge in [0.05, 0.1) is 6.04 Å². The highest BCUT2D eigenvalue weighted by Crippen LogP contribution is 2.48. The van der Waals surface area contributed by atoms with Gasteiger partial charge in [0.25, 0.3) is 0 Å². The maximum atomic E-state index is 13.6. The Balaban J connectivity index is 2.15. The Bertz CT molecular complexity index is 657. The number of rotatable bonds is 1. The van der Waals surface area contributed by atoms with Crippen LogP contribution in [0.1, 0.15) is 38.3 Å². The van der Waals surface area contributed by atoms with Gasteiger partial charge in [0, 0.05) is 0 Å². The summed E-state index contributed by atoms with van der Waals surface area (Å²) in [5.74, 6) is -0.507. The summed E-state index contributed by atoms with van der Waals surface area (Å²) in [6, 6.07) is 4.97. The number of hydrogen-bond acceptors (Lipinski definition) is 3. The first-order chi connectivity index (χ1) is 8.52. The lowest BCUT2D eigenvalue weighted by molar-refractivity contribution is 0.0965. The Hall–Kier alpha value is -1.96. The average Bonchev–Trinajstić information content (AvgIpc) is 2.69. The van der Waals surface area contributed by atoms with E-state index in [9.17, 15) is 4.39 Å². The van der Waals surface area contributed by atoms with Crippen molar-refractivity contribution in [3.8, 4) is 6.07 Å². The number of benzene rings is 1. The van der Waals surface area contributed by atoms with E-state index >= 15 is 0 Å². The van der Waals surface area contributed by atoms with Crippen LogP contribution in [0.4, 0.5) is 4.39 Å². The van der Waals surface area contributed by atoms with Gasteiger partial charge in [-0.3, -0.25) is 0 Å². The molecule has 0 saturated heterocycles. The molecule has 92 valence electrons. The van der Waals surface area contributed by atoms with E-state index in [-0.39, 0.29) is 11.6 Å². The predicted molar refractivity (Wildman–Crippen MR) is 64.3 cm³/mol. The Morgan fingerprint density at radius 1 is 1.44 bits per heavy atom. The third-order valence-corrected chi connectivity index (χ3v) is 3.62. The van der Waals surface area contributed by atoms with Crippen molar-refractivity contribution in [1.29, 1.82) is 5.26 Å². The van der Waals surface area contributed by atoms with Crippen LogP contribution in [0.3, 0.4) is 0 Å². The Morgan fingerprint density at radius 2 is 2.17 bits per heavy atom. The molecule has 1 fully saturated rings.